The molecule has 2 nitrogen and oxygen atoms in total. The largest absolute Gasteiger partial charge is 0.253 e. The first-order chi connectivity index (χ1) is 11.2. The van der Waals surface area contributed by atoms with Gasteiger partial charge in [0, 0.05) is 12.1 Å². The van der Waals surface area contributed by atoms with Crippen LogP contribution < -0.4 is 0 Å². The Morgan fingerprint density at radius 1 is 0.783 bits per heavy atom. The highest BCUT2D eigenvalue weighted by molar-refractivity contribution is 5.83. The molecule has 0 fully saturated rings. The summed E-state index contributed by atoms with van der Waals surface area (Å²) < 4.78 is 0. The zero-order valence-corrected chi connectivity index (χ0v) is 13.3. The second-order valence-corrected chi connectivity index (χ2v) is 6.09. The summed E-state index contributed by atoms with van der Waals surface area (Å²) in [5, 5.41) is 2.57. The second kappa shape index (κ2) is 5.47. The minimum Gasteiger partial charge on any atom is -0.253 e. The summed E-state index contributed by atoms with van der Waals surface area (Å²) in [6.07, 6.45) is 1.81. The van der Waals surface area contributed by atoms with Gasteiger partial charge in [0.2, 0.25) is 0 Å². The van der Waals surface area contributed by atoms with Crippen molar-refractivity contribution in [3.05, 3.63) is 83.7 Å². The fourth-order valence-electron chi connectivity index (χ4n) is 3.06. The standard InChI is InChI=1S/C21H18N2/c1-14-13-22-20-10-9-18(12-21(20)23-14)15(2)17-8-7-16-5-3-4-6-19(16)11-17/h3-13,15H,1-2H3/t15-/m0/s1. The summed E-state index contributed by atoms with van der Waals surface area (Å²) in [5.74, 6) is 0.325. The second-order valence-electron chi connectivity index (χ2n) is 6.09. The van der Waals surface area contributed by atoms with Crippen molar-refractivity contribution in [1.82, 2.24) is 9.97 Å². The van der Waals surface area contributed by atoms with Gasteiger partial charge < -0.3 is 0 Å². The third-order valence-electron chi connectivity index (χ3n) is 4.46. The monoisotopic (exact) mass is 298 g/mol. The molecule has 1 heterocycles. The van der Waals surface area contributed by atoms with E-state index in [-0.39, 0.29) is 0 Å². The van der Waals surface area contributed by atoms with E-state index in [0.29, 0.717) is 5.92 Å². The lowest BCUT2D eigenvalue weighted by molar-refractivity contribution is 0.925. The van der Waals surface area contributed by atoms with Crippen LogP contribution in [-0.2, 0) is 0 Å². The van der Waals surface area contributed by atoms with Crippen LogP contribution in [0.5, 0.6) is 0 Å². The van der Waals surface area contributed by atoms with Crippen LogP contribution >= 0.6 is 0 Å². The van der Waals surface area contributed by atoms with Crippen LogP contribution in [0.3, 0.4) is 0 Å². The van der Waals surface area contributed by atoms with E-state index in [9.17, 15) is 0 Å². The number of aromatic nitrogens is 2. The quantitative estimate of drug-likeness (QED) is 0.505. The van der Waals surface area contributed by atoms with Gasteiger partial charge in [0.05, 0.1) is 16.7 Å². The fourth-order valence-corrected chi connectivity index (χ4v) is 3.06. The van der Waals surface area contributed by atoms with E-state index in [1.54, 1.807) is 0 Å². The molecule has 4 rings (SSSR count). The molecule has 0 saturated carbocycles. The first-order valence-corrected chi connectivity index (χ1v) is 7.93. The van der Waals surface area contributed by atoms with Gasteiger partial charge >= 0.3 is 0 Å². The SMILES string of the molecule is Cc1cnc2ccc([C@@H](C)c3ccc4ccccc4c3)cc2n1. The third-order valence-corrected chi connectivity index (χ3v) is 4.46. The Morgan fingerprint density at radius 3 is 2.39 bits per heavy atom. The molecule has 0 spiro atoms. The van der Waals surface area contributed by atoms with Crippen molar-refractivity contribution in [3.63, 3.8) is 0 Å². The van der Waals surface area contributed by atoms with Crippen molar-refractivity contribution >= 4 is 21.8 Å². The molecule has 112 valence electrons. The highest BCUT2D eigenvalue weighted by atomic mass is 14.8. The van der Waals surface area contributed by atoms with Crippen molar-refractivity contribution in [2.75, 3.05) is 0 Å². The summed E-state index contributed by atoms with van der Waals surface area (Å²) in [7, 11) is 0. The molecule has 4 aromatic rings. The molecule has 23 heavy (non-hydrogen) atoms. The van der Waals surface area contributed by atoms with Gasteiger partial charge in [-0.15, -0.1) is 0 Å². The van der Waals surface area contributed by atoms with Crippen molar-refractivity contribution < 1.29 is 0 Å². The number of rotatable bonds is 2. The lowest BCUT2D eigenvalue weighted by Gasteiger charge is -2.14. The van der Waals surface area contributed by atoms with E-state index >= 15 is 0 Å². The minimum absolute atomic E-state index is 0.325. The topological polar surface area (TPSA) is 25.8 Å². The number of nitrogens with zero attached hydrogens (tertiary/aromatic N) is 2. The van der Waals surface area contributed by atoms with Crippen molar-refractivity contribution in [1.29, 1.82) is 0 Å². The smallest absolute Gasteiger partial charge is 0.0892 e. The van der Waals surface area contributed by atoms with Gasteiger partial charge in [-0.25, -0.2) is 4.98 Å². The van der Waals surface area contributed by atoms with Crippen molar-refractivity contribution in [2.45, 2.75) is 19.8 Å². The van der Waals surface area contributed by atoms with Crippen molar-refractivity contribution in [3.8, 4) is 0 Å². The Balaban J connectivity index is 1.78. The zero-order valence-electron chi connectivity index (χ0n) is 13.3. The molecule has 0 saturated heterocycles. The van der Waals surface area contributed by atoms with Gasteiger partial charge in [-0.05, 0) is 41.0 Å². The van der Waals surface area contributed by atoms with Crippen LogP contribution in [0.2, 0.25) is 0 Å². The van der Waals surface area contributed by atoms with Crippen LogP contribution in [0.25, 0.3) is 21.8 Å². The number of hydrogen-bond donors (Lipinski definition) is 0. The van der Waals surface area contributed by atoms with Crippen molar-refractivity contribution in [2.24, 2.45) is 0 Å². The Morgan fingerprint density at radius 2 is 1.52 bits per heavy atom. The lowest BCUT2D eigenvalue weighted by atomic mass is 9.91. The van der Waals surface area contributed by atoms with Crippen LogP contribution in [-0.4, -0.2) is 9.97 Å². The maximum absolute atomic E-state index is 4.60. The molecule has 0 amide bonds. The summed E-state index contributed by atoms with van der Waals surface area (Å²) in [4.78, 5) is 9.03. The molecule has 1 atom stereocenters. The van der Waals surface area contributed by atoms with Gasteiger partial charge in [-0.2, -0.15) is 0 Å². The molecule has 0 radical (unpaired) electrons. The number of aryl methyl sites for hydroxylation is 1. The molecule has 2 heteroatoms. The summed E-state index contributed by atoms with van der Waals surface area (Å²) >= 11 is 0. The minimum atomic E-state index is 0.325. The molecule has 1 aromatic heterocycles. The summed E-state index contributed by atoms with van der Waals surface area (Å²) in [6, 6.07) is 21.6. The van der Waals surface area contributed by atoms with E-state index in [2.05, 4.69) is 77.6 Å². The van der Waals surface area contributed by atoms with E-state index in [1.165, 1.54) is 21.9 Å². The Labute approximate surface area is 135 Å². The van der Waals surface area contributed by atoms with Gasteiger partial charge in [-0.1, -0.05) is 55.5 Å². The van der Waals surface area contributed by atoms with Gasteiger partial charge in [-0.3, -0.25) is 4.98 Å². The molecule has 0 aliphatic rings. The fraction of sp³-hybridized carbons (Fsp3) is 0.143. The number of benzene rings is 3. The molecule has 0 N–H and O–H groups in total. The van der Waals surface area contributed by atoms with E-state index in [1.807, 2.05) is 13.1 Å². The summed E-state index contributed by atoms with van der Waals surface area (Å²) in [5.41, 5.74) is 5.46. The summed E-state index contributed by atoms with van der Waals surface area (Å²) in [6.45, 7) is 4.22. The highest BCUT2D eigenvalue weighted by Crippen LogP contribution is 2.28. The van der Waals surface area contributed by atoms with Gasteiger partial charge in [0.25, 0.3) is 0 Å². The first-order valence-electron chi connectivity index (χ1n) is 7.93. The molecular weight excluding hydrogens is 280 g/mol. The average molecular weight is 298 g/mol. The molecule has 0 aliphatic heterocycles. The first kappa shape index (κ1) is 13.9. The molecular formula is C21H18N2. The zero-order chi connectivity index (χ0) is 15.8. The number of hydrogen-bond acceptors (Lipinski definition) is 2. The molecule has 0 unspecified atom stereocenters. The van der Waals surface area contributed by atoms with Crippen LogP contribution in [0.1, 0.15) is 29.7 Å². The predicted octanol–water partition coefficient (Wildman–Crippen LogP) is 5.24. The Kier molecular flexibility index (Phi) is 3.30. The normalized spacial score (nSPS) is 12.6. The van der Waals surface area contributed by atoms with Gasteiger partial charge in [0.1, 0.15) is 0 Å². The Hall–Kier alpha value is -2.74. The lowest BCUT2D eigenvalue weighted by Crippen LogP contribution is -1.97. The average Bonchev–Trinajstić information content (AvgIpc) is 2.60. The van der Waals surface area contributed by atoms with Gasteiger partial charge in [0.15, 0.2) is 0 Å². The highest BCUT2D eigenvalue weighted by Gasteiger charge is 2.10. The van der Waals surface area contributed by atoms with Crippen LogP contribution in [0.15, 0.2) is 66.9 Å². The van der Waals surface area contributed by atoms with Crippen LogP contribution in [0.4, 0.5) is 0 Å². The van der Waals surface area contributed by atoms with E-state index in [0.717, 1.165) is 16.7 Å². The van der Waals surface area contributed by atoms with E-state index in [4.69, 9.17) is 0 Å². The molecule has 0 bridgehead atoms. The predicted molar refractivity (Wildman–Crippen MR) is 95.7 cm³/mol. The molecule has 0 aliphatic carbocycles. The maximum Gasteiger partial charge on any atom is 0.0892 e. The van der Waals surface area contributed by atoms with E-state index < -0.39 is 0 Å². The van der Waals surface area contributed by atoms with Crippen LogP contribution in [0, 0.1) is 6.92 Å². The third kappa shape index (κ3) is 2.57. The maximum atomic E-state index is 4.60. The number of fused-ring (bicyclic) bond motifs is 2. The Bertz CT molecular complexity index is 1000. The molecule has 3 aromatic carbocycles.